The first-order valence-electron chi connectivity index (χ1n) is 3.47. The Morgan fingerprint density at radius 2 is 2.31 bits per heavy atom. The van der Waals surface area contributed by atoms with E-state index in [1.165, 1.54) is 23.8 Å². The van der Waals surface area contributed by atoms with E-state index in [-0.39, 0.29) is 11.3 Å². The lowest BCUT2D eigenvalue weighted by atomic mass is 10.3. The van der Waals surface area contributed by atoms with E-state index in [9.17, 15) is 8.42 Å². The molecule has 6 heteroatoms. The summed E-state index contributed by atoms with van der Waals surface area (Å²) in [6, 6.07) is 1.92. The fourth-order valence-electron chi connectivity index (χ4n) is 0.872. The van der Waals surface area contributed by atoms with Crippen LogP contribution < -0.4 is 4.72 Å². The van der Waals surface area contributed by atoms with Crippen molar-refractivity contribution in [2.45, 2.75) is 11.3 Å². The fraction of sp³-hybridized carbons (Fsp3) is 0.286. The van der Waals surface area contributed by atoms with Crippen LogP contribution in [0.25, 0.3) is 0 Å². The summed E-state index contributed by atoms with van der Waals surface area (Å²) in [5.74, 6) is 0. The maximum atomic E-state index is 11.3. The lowest BCUT2D eigenvalue weighted by molar-refractivity contribution is 0.588. The smallest absolute Gasteiger partial charge is 0.214 e. The number of hydrogen-bond acceptors (Lipinski definition) is 4. The van der Waals surface area contributed by atoms with E-state index in [1.807, 2.05) is 6.07 Å². The third kappa shape index (κ3) is 2.06. The Hall–Kier alpha value is -0.900. The molecule has 0 spiro atoms. The molecule has 0 amide bonds. The van der Waals surface area contributed by atoms with Crippen LogP contribution in [0, 0.1) is 11.3 Å². The lowest BCUT2D eigenvalue weighted by Crippen LogP contribution is -2.19. The molecule has 4 nitrogen and oxygen atoms in total. The first-order chi connectivity index (χ1) is 6.11. The highest BCUT2D eigenvalue weighted by molar-refractivity contribution is 7.89. The number of nitrogens with one attached hydrogen (secondary N) is 1. The molecule has 0 saturated carbocycles. The van der Waals surface area contributed by atoms with Crippen LogP contribution in [0.2, 0.25) is 0 Å². The Morgan fingerprint density at radius 3 is 2.85 bits per heavy atom. The second-order valence-electron chi connectivity index (χ2n) is 2.30. The molecular weight excluding hydrogens is 208 g/mol. The summed E-state index contributed by atoms with van der Waals surface area (Å²) in [6.45, 7) is 0. The van der Waals surface area contributed by atoms with Crippen LogP contribution in [-0.4, -0.2) is 15.5 Å². The Balaban J connectivity index is 3.17. The summed E-state index contributed by atoms with van der Waals surface area (Å²) < 4.78 is 24.9. The summed E-state index contributed by atoms with van der Waals surface area (Å²) in [4.78, 5) is 0.210. The highest BCUT2D eigenvalue weighted by Crippen LogP contribution is 2.20. The predicted octanol–water partition coefficient (Wildman–Crippen LogP) is 0.722. The second-order valence-corrected chi connectivity index (χ2v) is 4.90. The minimum absolute atomic E-state index is 0.125. The van der Waals surface area contributed by atoms with Crippen LogP contribution in [0.5, 0.6) is 0 Å². The molecule has 0 radical (unpaired) electrons. The average Bonchev–Trinajstić information content (AvgIpc) is 2.54. The quantitative estimate of drug-likeness (QED) is 0.809. The van der Waals surface area contributed by atoms with Gasteiger partial charge in [0.1, 0.15) is 0 Å². The third-order valence-corrected chi connectivity index (χ3v) is 3.97. The largest absolute Gasteiger partial charge is 0.241 e. The number of hydrogen-bond donors (Lipinski definition) is 1. The molecule has 1 N–H and O–H groups in total. The molecule has 0 aliphatic carbocycles. The molecule has 0 saturated heterocycles. The lowest BCUT2D eigenvalue weighted by Gasteiger charge is -2.00. The van der Waals surface area contributed by atoms with E-state index >= 15 is 0 Å². The topological polar surface area (TPSA) is 70.0 Å². The van der Waals surface area contributed by atoms with Crippen molar-refractivity contribution in [1.82, 2.24) is 4.72 Å². The molecule has 1 aromatic rings. The molecule has 0 fully saturated rings. The van der Waals surface area contributed by atoms with Gasteiger partial charge in [0.2, 0.25) is 10.0 Å². The minimum atomic E-state index is -3.40. The zero-order chi connectivity index (χ0) is 9.90. The summed E-state index contributed by atoms with van der Waals surface area (Å²) in [6.07, 6.45) is 0.125. The predicted molar refractivity (Wildman–Crippen MR) is 49.9 cm³/mol. The van der Waals surface area contributed by atoms with E-state index in [4.69, 9.17) is 5.26 Å². The van der Waals surface area contributed by atoms with Crippen molar-refractivity contribution in [2.24, 2.45) is 0 Å². The molecule has 0 aliphatic rings. The van der Waals surface area contributed by atoms with Crippen molar-refractivity contribution < 1.29 is 8.42 Å². The molecule has 70 valence electrons. The fourth-order valence-corrected chi connectivity index (χ4v) is 3.03. The van der Waals surface area contributed by atoms with Crippen LogP contribution in [0.3, 0.4) is 0 Å². The van der Waals surface area contributed by atoms with Gasteiger partial charge in [-0.2, -0.15) is 16.6 Å². The molecule has 0 aliphatic heterocycles. The molecule has 0 unspecified atom stereocenters. The number of sulfonamides is 1. The Labute approximate surface area is 80.9 Å². The van der Waals surface area contributed by atoms with Gasteiger partial charge in [0.15, 0.2) is 0 Å². The summed E-state index contributed by atoms with van der Waals surface area (Å²) in [5, 5.41) is 11.6. The third-order valence-electron chi connectivity index (χ3n) is 1.53. The number of nitriles is 1. The highest BCUT2D eigenvalue weighted by Gasteiger charge is 2.16. The molecular formula is C7H8N2O2S2. The van der Waals surface area contributed by atoms with E-state index in [2.05, 4.69) is 4.72 Å². The van der Waals surface area contributed by atoms with Crippen LogP contribution >= 0.6 is 11.3 Å². The van der Waals surface area contributed by atoms with Crippen molar-refractivity contribution >= 4 is 21.4 Å². The number of thiophene rings is 1. The number of nitrogens with zero attached hydrogens (tertiary/aromatic N) is 1. The van der Waals surface area contributed by atoms with Gasteiger partial charge in [-0.3, -0.25) is 0 Å². The van der Waals surface area contributed by atoms with E-state index < -0.39 is 10.0 Å². The SMILES string of the molecule is CNS(=O)(=O)c1cscc1CC#N. The van der Waals surface area contributed by atoms with Crippen molar-refractivity contribution in [1.29, 1.82) is 5.26 Å². The minimum Gasteiger partial charge on any atom is -0.214 e. The van der Waals surface area contributed by atoms with E-state index in [0.29, 0.717) is 5.56 Å². The van der Waals surface area contributed by atoms with E-state index in [0.717, 1.165) is 0 Å². The first kappa shape index (κ1) is 10.2. The van der Waals surface area contributed by atoms with Crippen molar-refractivity contribution in [3.05, 3.63) is 16.3 Å². The van der Waals surface area contributed by atoms with Gasteiger partial charge in [-0.05, 0) is 18.0 Å². The maximum absolute atomic E-state index is 11.3. The molecule has 1 rings (SSSR count). The molecule has 0 atom stereocenters. The highest BCUT2D eigenvalue weighted by atomic mass is 32.2. The van der Waals surface area contributed by atoms with Gasteiger partial charge < -0.3 is 0 Å². The van der Waals surface area contributed by atoms with Gasteiger partial charge in [0.05, 0.1) is 17.4 Å². The van der Waals surface area contributed by atoms with Crippen LogP contribution in [0.1, 0.15) is 5.56 Å². The molecule has 1 heterocycles. The van der Waals surface area contributed by atoms with Gasteiger partial charge in [-0.15, -0.1) is 0 Å². The van der Waals surface area contributed by atoms with Crippen molar-refractivity contribution in [3.8, 4) is 6.07 Å². The maximum Gasteiger partial charge on any atom is 0.241 e. The Morgan fingerprint density at radius 1 is 1.62 bits per heavy atom. The summed E-state index contributed by atoms with van der Waals surface area (Å²) in [5.41, 5.74) is 0.557. The summed E-state index contributed by atoms with van der Waals surface area (Å²) in [7, 11) is -2.05. The Bertz CT molecular complexity index is 428. The van der Waals surface area contributed by atoms with Crippen LogP contribution in [0.15, 0.2) is 15.7 Å². The van der Waals surface area contributed by atoms with Gasteiger partial charge >= 0.3 is 0 Å². The zero-order valence-electron chi connectivity index (χ0n) is 6.94. The van der Waals surface area contributed by atoms with Crippen LogP contribution in [-0.2, 0) is 16.4 Å². The zero-order valence-corrected chi connectivity index (χ0v) is 8.58. The van der Waals surface area contributed by atoms with Crippen molar-refractivity contribution in [2.75, 3.05) is 7.05 Å². The van der Waals surface area contributed by atoms with Crippen LogP contribution in [0.4, 0.5) is 0 Å². The van der Waals surface area contributed by atoms with Gasteiger partial charge in [0.25, 0.3) is 0 Å². The van der Waals surface area contributed by atoms with Crippen molar-refractivity contribution in [3.63, 3.8) is 0 Å². The molecule has 0 bridgehead atoms. The second kappa shape index (κ2) is 3.87. The standard InChI is InChI=1S/C7H8N2O2S2/c1-9-13(10,11)7-5-12-4-6(7)2-3-8/h4-5,9H,2H2,1H3. The monoisotopic (exact) mass is 216 g/mol. The van der Waals surface area contributed by atoms with Gasteiger partial charge in [-0.1, -0.05) is 0 Å². The first-order valence-corrected chi connectivity index (χ1v) is 5.90. The number of rotatable bonds is 3. The average molecular weight is 216 g/mol. The van der Waals surface area contributed by atoms with Gasteiger partial charge in [-0.25, -0.2) is 13.1 Å². The normalized spacial score (nSPS) is 11.1. The molecule has 0 aromatic carbocycles. The van der Waals surface area contributed by atoms with Gasteiger partial charge in [0, 0.05) is 5.38 Å². The van der Waals surface area contributed by atoms with E-state index in [1.54, 1.807) is 5.38 Å². The summed E-state index contributed by atoms with van der Waals surface area (Å²) >= 11 is 1.28. The molecule has 1 aromatic heterocycles. The molecule has 13 heavy (non-hydrogen) atoms. The Kier molecular flexibility index (Phi) is 3.03.